The third-order valence-corrected chi connectivity index (χ3v) is 4.90. The quantitative estimate of drug-likeness (QED) is 0.871. The van der Waals surface area contributed by atoms with Gasteiger partial charge in [-0.2, -0.15) is 0 Å². The predicted octanol–water partition coefficient (Wildman–Crippen LogP) is 4.52. The van der Waals surface area contributed by atoms with Crippen molar-refractivity contribution in [1.82, 2.24) is 5.32 Å². The summed E-state index contributed by atoms with van der Waals surface area (Å²) in [5, 5.41) is 3.07. The highest BCUT2D eigenvalue weighted by molar-refractivity contribution is 5.81. The van der Waals surface area contributed by atoms with E-state index in [-0.39, 0.29) is 11.9 Å². The Morgan fingerprint density at radius 3 is 2.56 bits per heavy atom. The summed E-state index contributed by atoms with van der Waals surface area (Å²) in [6.07, 6.45) is 4.35. The van der Waals surface area contributed by atoms with Crippen molar-refractivity contribution < 1.29 is 9.53 Å². The number of benzene rings is 2. The van der Waals surface area contributed by atoms with E-state index in [4.69, 9.17) is 4.74 Å². The van der Waals surface area contributed by atoms with Crippen molar-refractivity contribution in [2.75, 3.05) is 0 Å². The molecule has 2 aromatic carbocycles. The molecule has 0 aromatic heterocycles. The van der Waals surface area contributed by atoms with Crippen LogP contribution in [0.15, 0.2) is 42.5 Å². The molecular weight excluding hydrogens is 310 g/mol. The average molecular weight is 337 g/mol. The number of hydrogen-bond donors (Lipinski definition) is 1. The van der Waals surface area contributed by atoms with E-state index >= 15 is 0 Å². The minimum atomic E-state index is -0.526. The summed E-state index contributed by atoms with van der Waals surface area (Å²) in [5.41, 5.74) is 5.18. The predicted molar refractivity (Wildman–Crippen MR) is 101 cm³/mol. The Morgan fingerprint density at radius 1 is 1.04 bits per heavy atom. The van der Waals surface area contributed by atoms with Crippen LogP contribution in [0.1, 0.15) is 55.0 Å². The van der Waals surface area contributed by atoms with Crippen molar-refractivity contribution in [3.63, 3.8) is 0 Å². The van der Waals surface area contributed by atoms with E-state index in [9.17, 15) is 4.79 Å². The fourth-order valence-corrected chi connectivity index (χ4v) is 3.38. The molecule has 0 fully saturated rings. The van der Waals surface area contributed by atoms with Crippen molar-refractivity contribution in [2.45, 2.75) is 58.6 Å². The molecule has 2 atom stereocenters. The maximum Gasteiger partial charge on any atom is 0.261 e. The second-order valence-corrected chi connectivity index (χ2v) is 7.04. The van der Waals surface area contributed by atoms with Gasteiger partial charge in [0.15, 0.2) is 6.10 Å². The highest BCUT2D eigenvalue weighted by atomic mass is 16.5. The van der Waals surface area contributed by atoms with Crippen LogP contribution in [0.5, 0.6) is 5.75 Å². The molecule has 0 heterocycles. The summed E-state index contributed by atoms with van der Waals surface area (Å²) in [6.45, 7) is 5.83. The first-order valence-corrected chi connectivity index (χ1v) is 9.18. The average Bonchev–Trinajstić information content (AvgIpc) is 2.61. The number of rotatable bonds is 5. The first kappa shape index (κ1) is 17.5. The number of hydrogen-bond acceptors (Lipinski definition) is 2. The molecular formula is C22H27NO2. The van der Waals surface area contributed by atoms with E-state index < -0.39 is 6.10 Å². The molecule has 2 aromatic rings. The van der Waals surface area contributed by atoms with E-state index in [2.05, 4.69) is 23.5 Å². The van der Waals surface area contributed by atoms with Crippen LogP contribution in [-0.2, 0) is 17.6 Å². The highest BCUT2D eigenvalue weighted by Gasteiger charge is 2.19. The van der Waals surface area contributed by atoms with Crippen LogP contribution in [0.4, 0.5) is 0 Å². The molecule has 1 amide bonds. The van der Waals surface area contributed by atoms with E-state index in [1.165, 1.54) is 30.4 Å². The van der Waals surface area contributed by atoms with Gasteiger partial charge in [0.25, 0.3) is 5.91 Å². The van der Waals surface area contributed by atoms with E-state index in [1.54, 1.807) is 6.92 Å². The Morgan fingerprint density at radius 2 is 1.80 bits per heavy atom. The van der Waals surface area contributed by atoms with Gasteiger partial charge in [0.05, 0.1) is 6.04 Å². The third-order valence-electron chi connectivity index (χ3n) is 4.90. The van der Waals surface area contributed by atoms with Gasteiger partial charge in [-0.15, -0.1) is 0 Å². The number of ether oxygens (including phenoxy) is 1. The van der Waals surface area contributed by atoms with Crippen LogP contribution in [0.2, 0.25) is 0 Å². The molecule has 1 N–H and O–H groups in total. The number of carbonyl (C=O) groups excluding carboxylic acids is 1. The highest BCUT2D eigenvalue weighted by Crippen LogP contribution is 2.25. The van der Waals surface area contributed by atoms with Crippen LogP contribution in [0, 0.1) is 6.92 Å². The summed E-state index contributed by atoms with van der Waals surface area (Å²) in [4.78, 5) is 12.5. The summed E-state index contributed by atoms with van der Waals surface area (Å²) in [7, 11) is 0. The Balaban J connectivity index is 1.61. The van der Waals surface area contributed by atoms with E-state index in [1.807, 2.05) is 38.1 Å². The fourth-order valence-electron chi connectivity index (χ4n) is 3.38. The Bertz CT molecular complexity index is 753. The number of aryl methyl sites for hydroxylation is 3. The molecule has 1 aliphatic carbocycles. The van der Waals surface area contributed by atoms with Crippen LogP contribution >= 0.6 is 0 Å². The second kappa shape index (κ2) is 7.73. The SMILES string of the molecule is Cc1cccc(OC(C)C(=O)NC(C)c2ccc3c(c2)CCCC3)c1. The van der Waals surface area contributed by atoms with Crippen LogP contribution < -0.4 is 10.1 Å². The van der Waals surface area contributed by atoms with Gasteiger partial charge in [-0.1, -0.05) is 30.3 Å². The van der Waals surface area contributed by atoms with Gasteiger partial charge in [-0.3, -0.25) is 4.79 Å². The molecule has 25 heavy (non-hydrogen) atoms. The summed E-state index contributed by atoms with van der Waals surface area (Å²) in [6, 6.07) is 14.4. The van der Waals surface area contributed by atoms with E-state index in [0.717, 1.165) is 23.3 Å². The molecule has 3 heteroatoms. The zero-order valence-corrected chi connectivity index (χ0v) is 15.3. The molecule has 1 aliphatic rings. The molecule has 0 bridgehead atoms. The lowest BCUT2D eigenvalue weighted by molar-refractivity contribution is -0.127. The summed E-state index contributed by atoms with van der Waals surface area (Å²) >= 11 is 0. The lowest BCUT2D eigenvalue weighted by atomic mass is 9.89. The Kier molecular flexibility index (Phi) is 5.42. The molecule has 2 unspecified atom stereocenters. The molecule has 3 nitrogen and oxygen atoms in total. The van der Waals surface area contributed by atoms with Gasteiger partial charge >= 0.3 is 0 Å². The van der Waals surface area contributed by atoms with Crippen molar-refractivity contribution in [3.8, 4) is 5.75 Å². The lowest BCUT2D eigenvalue weighted by Gasteiger charge is -2.22. The van der Waals surface area contributed by atoms with Gasteiger partial charge in [-0.05, 0) is 80.8 Å². The van der Waals surface area contributed by atoms with Gasteiger partial charge < -0.3 is 10.1 Å². The van der Waals surface area contributed by atoms with Crippen molar-refractivity contribution in [3.05, 3.63) is 64.7 Å². The molecule has 3 rings (SSSR count). The molecule has 0 radical (unpaired) electrons. The normalized spacial score (nSPS) is 15.8. The van der Waals surface area contributed by atoms with Gasteiger partial charge in [0.2, 0.25) is 0 Å². The zero-order chi connectivity index (χ0) is 17.8. The maximum absolute atomic E-state index is 12.5. The molecule has 0 spiro atoms. The van der Waals surface area contributed by atoms with Crippen molar-refractivity contribution in [1.29, 1.82) is 0 Å². The van der Waals surface area contributed by atoms with Gasteiger partial charge in [0, 0.05) is 0 Å². The molecule has 0 saturated heterocycles. The zero-order valence-electron chi connectivity index (χ0n) is 15.3. The molecule has 0 saturated carbocycles. The Hall–Kier alpha value is -2.29. The van der Waals surface area contributed by atoms with Gasteiger partial charge in [0.1, 0.15) is 5.75 Å². The van der Waals surface area contributed by atoms with Crippen molar-refractivity contribution in [2.24, 2.45) is 0 Å². The van der Waals surface area contributed by atoms with Crippen LogP contribution in [-0.4, -0.2) is 12.0 Å². The number of nitrogens with one attached hydrogen (secondary N) is 1. The first-order valence-electron chi connectivity index (χ1n) is 9.18. The smallest absolute Gasteiger partial charge is 0.261 e. The first-order chi connectivity index (χ1) is 12.0. The minimum absolute atomic E-state index is 0.0247. The summed E-state index contributed by atoms with van der Waals surface area (Å²) in [5.74, 6) is 0.635. The minimum Gasteiger partial charge on any atom is -0.481 e. The third kappa shape index (κ3) is 4.41. The molecule has 0 aliphatic heterocycles. The topological polar surface area (TPSA) is 38.3 Å². The fraction of sp³-hybridized carbons (Fsp3) is 0.409. The van der Waals surface area contributed by atoms with Gasteiger partial charge in [-0.25, -0.2) is 0 Å². The maximum atomic E-state index is 12.5. The largest absolute Gasteiger partial charge is 0.481 e. The number of carbonyl (C=O) groups is 1. The standard InChI is InChI=1S/C22H27NO2/c1-15-7-6-10-21(13-15)25-17(3)22(24)23-16(2)19-12-11-18-8-4-5-9-20(18)14-19/h6-7,10-14,16-17H,4-5,8-9H2,1-3H3,(H,23,24). The Labute approximate surface area is 150 Å². The molecule has 132 valence electrons. The number of amides is 1. The van der Waals surface area contributed by atoms with Crippen molar-refractivity contribution >= 4 is 5.91 Å². The summed E-state index contributed by atoms with van der Waals surface area (Å²) < 4.78 is 5.77. The second-order valence-electron chi connectivity index (χ2n) is 7.04. The van der Waals surface area contributed by atoms with Crippen LogP contribution in [0.25, 0.3) is 0 Å². The van der Waals surface area contributed by atoms with Crippen LogP contribution in [0.3, 0.4) is 0 Å². The number of fused-ring (bicyclic) bond motifs is 1. The monoisotopic (exact) mass is 337 g/mol. The lowest BCUT2D eigenvalue weighted by Crippen LogP contribution is -2.37. The van der Waals surface area contributed by atoms with E-state index in [0.29, 0.717) is 0 Å².